The normalized spacial score (nSPS) is 22.3. The molecule has 0 saturated carbocycles. The number of fused-ring (bicyclic) bond motifs is 1. The highest BCUT2D eigenvalue weighted by Gasteiger charge is 2.27. The largest absolute Gasteiger partial charge is 0.376 e. The third kappa shape index (κ3) is 4.25. The van der Waals surface area contributed by atoms with Crippen LogP contribution in [-0.2, 0) is 27.5 Å². The third-order valence-electron chi connectivity index (χ3n) is 4.75. The summed E-state index contributed by atoms with van der Waals surface area (Å²) in [5.41, 5.74) is 3.78. The van der Waals surface area contributed by atoms with Crippen molar-refractivity contribution in [3.8, 4) is 0 Å². The van der Waals surface area contributed by atoms with Gasteiger partial charge in [0.05, 0.1) is 18.1 Å². The minimum Gasteiger partial charge on any atom is -0.376 e. The van der Waals surface area contributed by atoms with Crippen LogP contribution < -0.4 is 10.6 Å². The van der Waals surface area contributed by atoms with Crippen molar-refractivity contribution in [3.63, 3.8) is 0 Å². The van der Waals surface area contributed by atoms with Gasteiger partial charge in [0.25, 0.3) is 0 Å². The number of sulfone groups is 1. The van der Waals surface area contributed by atoms with Crippen LogP contribution in [0.5, 0.6) is 0 Å². The number of hydrogen-bond acceptors (Lipinski definition) is 4. The molecule has 3 rings (SSSR count). The molecule has 2 N–H and O–H groups in total. The van der Waals surface area contributed by atoms with Crippen molar-refractivity contribution < 1.29 is 13.2 Å². The summed E-state index contributed by atoms with van der Waals surface area (Å²) in [6, 6.07) is 6.23. The predicted octanol–water partition coefficient (Wildman–Crippen LogP) is 1.53. The van der Waals surface area contributed by atoms with Crippen molar-refractivity contribution >= 4 is 21.4 Å². The average Bonchev–Trinajstić information content (AvgIpc) is 2.90. The minimum atomic E-state index is -2.88. The van der Waals surface area contributed by atoms with Crippen LogP contribution in [0.1, 0.15) is 30.4 Å². The Bertz CT molecular complexity index is 685. The third-order valence-corrected chi connectivity index (χ3v) is 6.59. The Balaban J connectivity index is 1.48. The SMILES string of the molecule is O=C(CNc1cccc2c1CCCC2)NCC1CCS(=O)(=O)C1. The fraction of sp³-hybridized carbons (Fsp3) is 0.588. The molecule has 23 heavy (non-hydrogen) atoms. The number of aryl methyl sites for hydroxylation is 1. The number of rotatable bonds is 5. The minimum absolute atomic E-state index is 0.0634. The van der Waals surface area contributed by atoms with Gasteiger partial charge in [0, 0.05) is 12.2 Å². The highest BCUT2D eigenvalue weighted by Crippen LogP contribution is 2.27. The lowest BCUT2D eigenvalue weighted by Gasteiger charge is -2.20. The van der Waals surface area contributed by atoms with Gasteiger partial charge >= 0.3 is 0 Å². The van der Waals surface area contributed by atoms with E-state index in [1.54, 1.807) is 0 Å². The molecule has 0 aromatic heterocycles. The van der Waals surface area contributed by atoms with Crippen molar-refractivity contribution in [1.82, 2.24) is 5.32 Å². The molecule has 1 atom stereocenters. The summed E-state index contributed by atoms with van der Waals surface area (Å²) < 4.78 is 22.8. The van der Waals surface area contributed by atoms with Gasteiger partial charge in [-0.15, -0.1) is 0 Å². The lowest BCUT2D eigenvalue weighted by Crippen LogP contribution is -2.34. The van der Waals surface area contributed by atoms with Crippen LogP contribution in [-0.4, -0.2) is 38.9 Å². The van der Waals surface area contributed by atoms with Crippen LogP contribution >= 0.6 is 0 Å². The Kier molecular flexibility index (Phi) is 4.90. The molecular formula is C17H24N2O3S. The maximum atomic E-state index is 12.0. The van der Waals surface area contributed by atoms with Gasteiger partial charge in [-0.2, -0.15) is 0 Å². The average molecular weight is 336 g/mol. The Morgan fingerprint density at radius 3 is 2.83 bits per heavy atom. The molecule has 0 bridgehead atoms. The fourth-order valence-electron chi connectivity index (χ4n) is 3.48. The molecular weight excluding hydrogens is 312 g/mol. The van der Waals surface area contributed by atoms with Crippen LogP contribution in [0.25, 0.3) is 0 Å². The van der Waals surface area contributed by atoms with Gasteiger partial charge < -0.3 is 10.6 Å². The molecule has 6 heteroatoms. The summed E-state index contributed by atoms with van der Waals surface area (Å²) in [6.45, 7) is 0.683. The van der Waals surface area contributed by atoms with Crippen molar-refractivity contribution in [3.05, 3.63) is 29.3 Å². The van der Waals surface area contributed by atoms with E-state index in [0.717, 1.165) is 18.5 Å². The van der Waals surface area contributed by atoms with Crippen molar-refractivity contribution in [2.45, 2.75) is 32.1 Å². The highest BCUT2D eigenvalue weighted by atomic mass is 32.2. The number of hydrogen-bond donors (Lipinski definition) is 2. The first kappa shape index (κ1) is 16.3. The summed E-state index contributed by atoms with van der Waals surface area (Å²) in [4.78, 5) is 12.0. The number of amides is 1. The number of carbonyl (C=O) groups is 1. The topological polar surface area (TPSA) is 75.3 Å². The summed E-state index contributed by atoms with van der Waals surface area (Å²) in [7, 11) is -2.88. The molecule has 1 aromatic rings. The van der Waals surface area contributed by atoms with E-state index < -0.39 is 9.84 Å². The van der Waals surface area contributed by atoms with E-state index in [2.05, 4.69) is 16.7 Å². The Hall–Kier alpha value is -1.56. The molecule has 1 aromatic carbocycles. The fourth-order valence-corrected chi connectivity index (χ4v) is 5.34. The standard InChI is InChI=1S/C17H24N2O3S/c20-17(19-10-13-8-9-23(21,22)12-13)11-18-16-7-3-5-14-4-1-2-6-15(14)16/h3,5,7,13,18H,1-2,4,6,8-12H2,(H,19,20). The number of nitrogens with one attached hydrogen (secondary N) is 2. The van der Waals surface area contributed by atoms with E-state index in [9.17, 15) is 13.2 Å². The molecule has 1 saturated heterocycles. The summed E-state index contributed by atoms with van der Waals surface area (Å²) in [6.07, 6.45) is 5.28. The number of carbonyl (C=O) groups excluding carboxylic acids is 1. The quantitative estimate of drug-likeness (QED) is 0.855. The highest BCUT2D eigenvalue weighted by molar-refractivity contribution is 7.91. The molecule has 0 radical (unpaired) electrons. The van der Waals surface area contributed by atoms with E-state index in [4.69, 9.17) is 0 Å². The van der Waals surface area contributed by atoms with Gasteiger partial charge in [-0.3, -0.25) is 4.79 Å². The first-order chi connectivity index (χ1) is 11.0. The van der Waals surface area contributed by atoms with Crippen LogP contribution in [0.3, 0.4) is 0 Å². The van der Waals surface area contributed by atoms with E-state index in [1.165, 1.54) is 24.0 Å². The molecule has 5 nitrogen and oxygen atoms in total. The predicted molar refractivity (Wildman–Crippen MR) is 91.3 cm³/mol. The lowest BCUT2D eigenvalue weighted by atomic mass is 9.90. The molecule has 1 fully saturated rings. The molecule has 126 valence electrons. The zero-order valence-corrected chi connectivity index (χ0v) is 14.1. The van der Waals surface area contributed by atoms with Crippen LogP contribution in [0.2, 0.25) is 0 Å². The number of anilines is 1. The van der Waals surface area contributed by atoms with E-state index in [1.807, 2.05) is 12.1 Å². The maximum absolute atomic E-state index is 12.0. The zero-order chi connectivity index (χ0) is 16.3. The summed E-state index contributed by atoms with van der Waals surface area (Å²) in [5, 5.41) is 6.08. The van der Waals surface area contributed by atoms with Gasteiger partial charge in [0.2, 0.25) is 5.91 Å². The van der Waals surface area contributed by atoms with Crippen LogP contribution in [0.15, 0.2) is 18.2 Å². The second-order valence-corrected chi connectivity index (χ2v) is 8.81. The van der Waals surface area contributed by atoms with E-state index >= 15 is 0 Å². The molecule has 1 aliphatic heterocycles. The van der Waals surface area contributed by atoms with Gasteiger partial charge in [-0.1, -0.05) is 12.1 Å². The molecule has 2 aliphatic rings. The second-order valence-electron chi connectivity index (χ2n) is 6.58. The first-order valence-corrected chi connectivity index (χ1v) is 10.2. The summed E-state index contributed by atoms with van der Waals surface area (Å²) >= 11 is 0. The smallest absolute Gasteiger partial charge is 0.239 e. The molecule has 0 spiro atoms. The van der Waals surface area contributed by atoms with Crippen molar-refractivity contribution in [2.24, 2.45) is 5.92 Å². The second kappa shape index (κ2) is 6.91. The Morgan fingerprint density at radius 2 is 2.04 bits per heavy atom. The zero-order valence-electron chi connectivity index (χ0n) is 13.3. The first-order valence-electron chi connectivity index (χ1n) is 8.35. The Labute approximate surface area is 137 Å². The molecule has 1 heterocycles. The summed E-state index contributed by atoms with van der Waals surface area (Å²) in [5.74, 6) is 0.436. The van der Waals surface area contributed by atoms with Gasteiger partial charge in [-0.05, 0) is 55.2 Å². The van der Waals surface area contributed by atoms with Crippen molar-refractivity contribution in [1.29, 1.82) is 0 Å². The van der Waals surface area contributed by atoms with Crippen LogP contribution in [0.4, 0.5) is 5.69 Å². The van der Waals surface area contributed by atoms with Crippen LogP contribution in [0, 0.1) is 5.92 Å². The van der Waals surface area contributed by atoms with Gasteiger partial charge in [0.1, 0.15) is 0 Å². The molecule has 1 amide bonds. The monoisotopic (exact) mass is 336 g/mol. The van der Waals surface area contributed by atoms with E-state index in [0.29, 0.717) is 13.0 Å². The van der Waals surface area contributed by atoms with Crippen molar-refractivity contribution in [2.75, 3.05) is 29.9 Å². The molecule has 1 unspecified atom stereocenters. The van der Waals surface area contributed by atoms with Gasteiger partial charge in [0.15, 0.2) is 9.84 Å². The molecule has 1 aliphatic carbocycles. The Morgan fingerprint density at radius 1 is 1.22 bits per heavy atom. The van der Waals surface area contributed by atoms with E-state index in [-0.39, 0.29) is 29.9 Å². The van der Waals surface area contributed by atoms with Gasteiger partial charge in [-0.25, -0.2) is 8.42 Å². The lowest BCUT2D eigenvalue weighted by molar-refractivity contribution is -0.119. The maximum Gasteiger partial charge on any atom is 0.239 e. The number of benzene rings is 1.